The lowest BCUT2D eigenvalue weighted by Gasteiger charge is -2.09. The molecule has 1 heterocycles. The van der Waals surface area contributed by atoms with E-state index in [4.69, 9.17) is 4.74 Å². The van der Waals surface area contributed by atoms with E-state index < -0.39 is 0 Å². The van der Waals surface area contributed by atoms with Gasteiger partial charge >= 0.3 is 5.97 Å². The summed E-state index contributed by atoms with van der Waals surface area (Å²) in [5.41, 5.74) is 0. The average molecular weight is 252 g/mol. The fourth-order valence-electron chi connectivity index (χ4n) is 1.57. The molecule has 0 aliphatic rings. The quantitative estimate of drug-likeness (QED) is 0.568. The second kappa shape index (κ2) is 8.33. The molecule has 1 rings (SSSR count). The maximum absolute atomic E-state index is 10.9. The summed E-state index contributed by atoms with van der Waals surface area (Å²) in [5, 5.41) is 3.21. The molecule has 1 N–H and O–H groups in total. The molecular formula is C13H20N2O3. The minimum Gasteiger partial charge on any atom is -0.493 e. The number of unbranched alkanes of at least 4 members (excludes halogenated alkanes) is 2. The summed E-state index contributed by atoms with van der Waals surface area (Å²) in [6.45, 7) is 0.814. The van der Waals surface area contributed by atoms with Crippen LogP contribution in [0, 0.1) is 0 Å². The third-order valence-corrected chi connectivity index (χ3v) is 2.57. The first-order chi connectivity index (χ1) is 8.77. The molecule has 0 bridgehead atoms. The lowest BCUT2D eigenvalue weighted by molar-refractivity contribution is -0.140. The van der Waals surface area contributed by atoms with Crippen LogP contribution < -0.4 is 10.1 Å². The van der Waals surface area contributed by atoms with Gasteiger partial charge in [-0.2, -0.15) is 0 Å². The van der Waals surface area contributed by atoms with Crippen LogP contribution in [-0.2, 0) is 9.53 Å². The second-order valence-corrected chi connectivity index (χ2v) is 3.87. The molecule has 0 atom stereocenters. The Labute approximate surface area is 108 Å². The Kier molecular flexibility index (Phi) is 6.61. The molecule has 18 heavy (non-hydrogen) atoms. The van der Waals surface area contributed by atoms with Gasteiger partial charge in [-0.05, 0) is 25.0 Å². The Balaban J connectivity index is 2.16. The number of nitrogens with one attached hydrogen (secondary N) is 1. The van der Waals surface area contributed by atoms with Crippen LogP contribution in [0.15, 0.2) is 18.3 Å². The molecule has 100 valence electrons. The molecule has 0 amide bonds. The summed E-state index contributed by atoms with van der Waals surface area (Å²) in [4.78, 5) is 15.1. The highest BCUT2D eigenvalue weighted by Gasteiger charge is 2.02. The number of carbonyl (C=O) groups excluding carboxylic acids is 1. The van der Waals surface area contributed by atoms with Crippen molar-refractivity contribution < 1.29 is 14.3 Å². The van der Waals surface area contributed by atoms with E-state index in [1.807, 2.05) is 12.1 Å². The van der Waals surface area contributed by atoms with Crippen molar-refractivity contribution in [2.24, 2.45) is 0 Å². The topological polar surface area (TPSA) is 60.5 Å². The zero-order chi connectivity index (χ0) is 13.2. The zero-order valence-corrected chi connectivity index (χ0v) is 10.9. The van der Waals surface area contributed by atoms with Gasteiger partial charge in [0.2, 0.25) is 0 Å². The van der Waals surface area contributed by atoms with Gasteiger partial charge in [-0.3, -0.25) is 4.79 Å². The fourth-order valence-corrected chi connectivity index (χ4v) is 1.57. The Morgan fingerprint density at radius 1 is 1.33 bits per heavy atom. The maximum Gasteiger partial charge on any atom is 0.305 e. The van der Waals surface area contributed by atoms with E-state index in [0.29, 0.717) is 6.42 Å². The number of nitrogens with zero attached hydrogens (tertiary/aromatic N) is 1. The van der Waals surface area contributed by atoms with Crippen LogP contribution in [0.2, 0.25) is 0 Å². The summed E-state index contributed by atoms with van der Waals surface area (Å²) in [5.74, 6) is 1.36. The molecule has 1 aromatic rings. The summed E-state index contributed by atoms with van der Waals surface area (Å²) >= 11 is 0. The van der Waals surface area contributed by atoms with E-state index in [9.17, 15) is 4.79 Å². The summed E-state index contributed by atoms with van der Waals surface area (Å²) in [6.07, 6.45) is 5.03. The Bertz CT molecular complexity index is 369. The van der Waals surface area contributed by atoms with Gasteiger partial charge in [0.05, 0.1) is 14.2 Å². The smallest absolute Gasteiger partial charge is 0.305 e. The van der Waals surface area contributed by atoms with Crippen LogP contribution in [0.5, 0.6) is 5.75 Å². The predicted octanol–water partition coefficient (Wildman–Crippen LogP) is 2.24. The molecule has 0 aliphatic heterocycles. The van der Waals surface area contributed by atoms with E-state index in [2.05, 4.69) is 15.0 Å². The average Bonchev–Trinajstić information content (AvgIpc) is 2.42. The minimum absolute atomic E-state index is 0.144. The summed E-state index contributed by atoms with van der Waals surface area (Å²) in [6, 6.07) is 3.70. The standard InChI is InChI=1S/C13H20N2O3/c1-17-11-7-6-10-15-13(11)14-9-5-3-4-8-12(16)18-2/h6-7,10H,3-5,8-9H2,1-2H3,(H,14,15). The number of methoxy groups -OCH3 is 2. The highest BCUT2D eigenvalue weighted by molar-refractivity contribution is 5.68. The van der Waals surface area contributed by atoms with E-state index in [-0.39, 0.29) is 5.97 Å². The predicted molar refractivity (Wildman–Crippen MR) is 69.8 cm³/mol. The summed E-state index contributed by atoms with van der Waals surface area (Å²) in [7, 11) is 3.04. The molecule has 1 aromatic heterocycles. The van der Waals surface area contributed by atoms with Gasteiger partial charge in [0.1, 0.15) is 0 Å². The van der Waals surface area contributed by atoms with Crippen LogP contribution in [0.4, 0.5) is 5.82 Å². The molecule has 0 radical (unpaired) electrons. The largest absolute Gasteiger partial charge is 0.493 e. The van der Waals surface area contributed by atoms with E-state index in [1.165, 1.54) is 7.11 Å². The lowest BCUT2D eigenvalue weighted by atomic mass is 10.2. The number of rotatable bonds is 8. The fraction of sp³-hybridized carbons (Fsp3) is 0.538. The van der Waals surface area contributed by atoms with Gasteiger partial charge in [-0.25, -0.2) is 4.98 Å². The van der Waals surface area contributed by atoms with Gasteiger partial charge in [0.25, 0.3) is 0 Å². The Morgan fingerprint density at radius 2 is 2.17 bits per heavy atom. The van der Waals surface area contributed by atoms with E-state index in [1.54, 1.807) is 13.3 Å². The highest BCUT2D eigenvalue weighted by Crippen LogP contribution is 2.19. The van der Waals surface area contributed by atoms with Crippen LogP contribution in [0.3, 0.4) is 0 Å². The number of aromatic nitrogens is 1. The number of hydrogen-bond acceptors (Lipinski definition) is 5. The third kappa shape index (κ3) is 5.03. The van der Waals surface area contributed by atoms with Crippen LogP contribution in [-0.4, -0.2) is 31.7 Å². The number of hydrogen-bond donors (Lipinski definition) is 1. The van der Waals surface area contributed by atoms with Crippen molar-refractivity contribution in [2.75, 3.05) is 26.1 Å². The lowest BCUT2D eigenvalue weighted by Crippen LogP contribution is -2.05. The summed E-state index contributed by atoms with van der Waals surface area (Å²) < 4.78 is 9.76. The van der Waals surface area contributed by atoms with Crippen molar-refractivity contribution in [2.45, 2.75) is 25.7 Å². The molecule has 0 aliphatic carbocycles. The number of carbonyl (C=O) groups is 1. The van der Waals surface area contributed by atoms with Crippen LogP contribution in [0.25, 0.3) is 0 Å². The van der Waals surface area contributed by atoms with Gasteiger partial charge in [0.15, 0.2) is 11.6 Å². The second-order valence-electron chi connectivity index (χ2n) is 3.87. The molecule has 5 heteroatoms. The number of esters is 1. The molecule has 5 nitrogen and oxygen atoms in total. The van der Waals surface area contributed by atoms with Crippen molar-refractivity contribution in [3.63, 3.8) is 0 Å². The Morgan fingerprint density at radius 3 is 2.89 bits per heavy atom. The third-order valence-electron chi connectivity index (χ3n) is 2.57. The van der Waals surface area contributed by atoms with Crippen LogP contribution in [0.1, 0.15) is 25.7 Å². The Hall–Kier alpha value is -1.78. The highest BCUT2D eigenvalue weighted by atomic mass is 16.5. The van der Waals surface area contributed by atoms with Crippen molar-refractivity contribution in [1.29, 1.82) is 0 Å². The van der Waals surface area contributed by atoms with Crippen molar-refractivity contribution >= 4 is 11.8 Å². The van der Waals surface area contributed by atoms with Crippen molar-refractivity contribution in [3.05, 3.63) is 18.3 Å². The molecule has 0 saturated carbocycles. The first kappa shape index (κ1) is 14.3. The number of ether oxygens (including phenoxy) is 2. The van der Waals surface area contributed by atoms with Gasteiger partial charge in [-0.15, -0.1) is 0 Å². The first-order valence-corrected chi connectivity index (χ1v) is 6.07. The SMILES string of the molecule is COC(=O)CCCCCNc1ncccc1OC. The van der Waals surface area contributed by atoms with Gasteiger partial charge < -0.3 is 14.8 Å². The molecule has 0 unspecified atom stereocenters. The van der Waals surface area contributed by atoms with Crippen molar-refractivity contribution in [3.8, 4) is 5.75 Å². The molecule has 0 spiro atoms. The number of pyridine rings is 1. The molecular weight excluding hydrogens is 232 g/mol. The van der Waals surface area contributed by atoms with Crippen LogP contribution >= 0.6 is 0 Å². The first-order valence-electron chi connectivity index (χ1n) is 6.07. The monoisotopic (exact) mass is 252 g/mol. The molecule has 0 saturated heterocycles. The molecule has 0 aromatic carbocycles. The van der Waals surface area contributed by atoms with E-state index in [0.717, 1.165) is 37.4 Å². The number of anilines is 1. The maximum atomic E-state index is 10.9. The van der Waals surface area contributed by atoms with E-state index >= 15 is 0 Å². The van der Waals surface area contributed by atoms with Gasteiger partial charge in [0, 0.05) is 19.2 Å². The van der Waals surface area contributed by atoms with Crippen molar-refractivity contribution in [1.82, 2.24) is 4.98 Å². The minimum atomic E-state index is -0.144. The van der Waals surface area contributed by atoms with Gasteiger partial charge in [-0.1, -0.05) is 6.42 Å². The normalized spacial score (nSPS) is 9.89. The zero-order valence-electron chi connectivity index (χ0n) is 10.9. The molecule has 0 fully saturated rings.